The van der Waals surface area contributed by atoms with Gasteiger partial charge in [0.15, 0.2) is 9.84 Å². The fourth-order valence-electron chi connectivity index (χ4n) is 2.89. The highest BCUT2D eigenvalue weighted by Crippen LogP contribution is 2.24. The number of pyridine rings is 1. The van der Waals surface area contributed by atoms with E-state index < -0.39 is 32.9 Å². The summed E-state index contributed by atoms with van der Waals surface area (Å²) in [6.07, 6.45) is 2.60. The largest absolute Gasteiger partial charge is 0.352 e. The van der Waals surface area contributed by atoms with E-state index in [0.717, 1.165) is 18.4 Å². The Bertz CT molecular complexity index is 922. The Hall–Kier alpha value is -2.55. The van der Waals surface area contributed by atoms with Gasteiger partial charge >= 0.3 is 0 Å². The molecule has 0 spiro atoms. The van der Waals surface area contributed by atoms with Crippen molar-refractivity contribution in [3.63, 3.8) is 0 Å². The van der Waals surface area contributed by atoms with Crippen LogP contribution in [0.5, 0.6) is 0 Å². The van der Waals surface area contributed by atoms with Gasteiger partial charge in [-0.2, -0.15) is 0 Å². The summed E-state index contributed by atoms with van der Waals surface area (Å²) in [5.74, 6) is -2.20. The molecule has 1 aliphatic rings. The maximum atomic E-state index is 13.8. The molecule has 0 atom stereocenters. The van der Waals surface area contributed by atoms with E-state index >= 15 is 0 Å². The molecule has 1 aliphatic heterocycles. The number of amides is 1. The molecule has 1 saturated heterocycles. The number of nitrogens with zero attached hydrogens (tertiary/aromatic N) is 3. The molecule has 9 heteroatoms. The molecule has 1 fully saturated rings. The zero-order valence-electron chi connectivity index (χ0n) is 14.0. The molecule has 1 aromatic heterocycles. The first kappa shape index (κ1) is 18.2. The van der Waals surface area contributed by atoms with Gasteiger partial charge in [0.25, 0.3) is 5.91 Å². The fraction of sp³-hybridized carbons (Fsp3) is 0.294. The van der Waals surface area contributed by atoms with Crippen LogP contribution >= 0.6 is 0 Å². The van der Waals surface area contributed by atoms with Crippen LogP contribution in [0.25, 0.3) is 0 Å². The van der Waals surface area contributed by atoms with E-state index in [0.29, 0.717) is 18.9 Å². The lowest BCUT2D eigenvalue weighted by Gasteiger charge is -2.36. The van der Waals surface area contributed by atoms with Gasteiger partial charge in [0.2, 0.25) is 0 Å². The van der Waals surface area contributed by atoms with Crippen LogP contribution in [-0.4, -0.2) is 56.6 Å². The number of aromatic nitrogens is 1. The summed E-state index contributed by atoms with van der Waals surface area (Å²) in [6, 6.07) is 6.30. The van der Waals surface area contributed by atoms with Gasteiger partial charge in [0.05, 0.1) is 0 Å². The van der Waals surface area contributed by atoms with E-state index in [4.69, 9.17) is 0 Å². The van der Waals surface area contributed by atoms with Gasteiger partial charge in [-0.3, -0.25) is 4.79 Å². The van der Waals surface area contributed by atoms with E-state index in [-0.39, 0.29) is 18.0 Å². The van der Waals surface area contributed by atoms with Crippen LogP contribution in [-0.2, 0) is 9.84 Å². The van der Waals surface area contributed by atoms with Gasteiger partial charge in [0.1, 0.15) is 27.9 Å². The summed E-state index contributed by atoms with van der Waals surface area (Å²) in [4.78, 5) is 19.8. The number of carbonyl (C=O) groups excluding carboxylic acids is 1. The highest BCUT2D eigenvalue weighted by molar-refractivity contribution is 7.90. The van der Waals surface area contributed by atoms with Crippen molar-refractivity contribution in [1.29, 1.82) is 0 Å². The van der Waals surface area contributed by atoms with Crippen molar-refractivity contribution in [2.24, 2.45) is 0 Å². The Morgan fingerprint density at radius 1 is 1.04 bits per heavy atom. The molecule has 3 rings (SSSR count). The molecule has 6 nitrogen and oxygen atoms in total. The summed E-state index contributed by atoms with van der Waals surface area (Å²) in [7, 11) is -3.45. The SMILES string of the molecule is CS(=O)(=O)c1cccnc1N1CCN(C(=O)c2c(F)cccc2F)CC1. The van der Waals surface area contributed by atoms with Gasteiger partial charge in [-0.05, 0) is 24.3 Å². The van der Waals surface area contributed by atoms with E-state index in [9.17, 15) is 22.0 Å². The van der Waals surface area contributed by atoms with Crippen molar-refractivity contribution in [3.8, 4) is 0 Å². The quantitative estimate of drug-likeness (QED) is 0.810. The second kappa shape index (κ2) is 6.99. The average molecular weight is 381 g/mol. The van der Waals surface area contributed by atoms with Crippen molar-refractivity contribution in [2.75, 3.05) is 37.3 Å². The lowest BCUT2D eigenvalue weighted by Crippen LogP contribution is -2.49. The zero-order chi connectivity index (χ0) is 18.9. The highest BCUT2D eigenvalue weighted by atomic mass is 32.2. The number of hydrogen-bond donors (Lipinski definition) is 0. The summed E-state index contributed by atoms with van der Waals surface area (Å²) < 4.78 is 51.4. The Balaban J connectivity index is 1.78. The molecule has 2 heterocycles. The normalized spacial score (nSPS) is 15.2. The molecule has 0 unspecified atom stereocenters. The second-order valence-electron chi connectivity index (χ2n) is 5.97. The van der Waals surface area contributed by atoms with Crippen molar-refractivity contribution in [1.82, 2.24) is 9.88 Å². The summed E-state index contributed by atoms with van der Waals surface area (Å²) in [5.41, 5.74) is -0.574. The molecule has 2 aromatic rings. The lowest BCUT2D eigenvalue weighted by atomic mass is 10.1. The molecule has 1 amide bonds. The molecule has 26 heavy (non-hydrogen) atoms. The molecule has 0 radical (unpaired) electrons. The smallest absolute Gasteiger partial charge is 0.259 e. The van der Waals surface area contributed by atoms with Crippen molar-refractivity contribution in [3.05, 3.63) is 53.7 Å². The minimum atomic E-state index is -3.45. The minimum absolute atomic E-state index is 0.111. The van der Waals surface area contributed by atoms with Crippen LogP contribution in [0.3, 0.4) is 0 Å². The topological polar surface area (TPSA) is 70.6 Å². The molecule has 1 aromatic carbocycles. The maximum absolute atomic E-state index is 13.8. The minimum Gasteiger partial charge on any atom is -0.352 e. The van der Waals surface area contributed by atoms with Crippen molar-refractivity contribution in [2.45, 2.75) is 4.90 Å². The number of anilines is 1. The predicted octanol–water partition coefficient (Wildman–Crippen LogP) is 1.73. The third-order valence-corrected chi connectivity index (χ3v) is 5.31. The van der Waals surface area contributed by atoms with Crippen LogP contribution in [0.15, 0.2) is 41.4 Å². The van der Waals surface area contributed by atoms with Crippen LogP contribution in [0.2, 0.25) is 0 Å². The Kier molecular flexibility index (Phi) is 4.90. The Morgan fingerprint density at radius 3 is 2.23 bits per heavy atom. The van der Waals surface area contributed by atoms with E-state index in [1.165, 1.54) is 23.2 Å². The van der Waals surface area contributed by atoms with Crippen LogP contribution < -0.4 is 4.90 Å². The average Bonchev–Trinajstić information content (AvgIpc) is 2.61. The number of halogens is 2. The lowest BCUT2D eigenvalue weighted by molar-refractivity contribution is 0.0736. The standard InChI is InChI=1S/C17H17F2N3O3S/c1-26(24,25)14-6-3-7-20-16(14)21-8-10-22(11-9-21)17(23)15-12(18)4-2-5-13(15)19/h2-7H,8-11H2,1H3. The van der Waals surface area contributed by atoms with Crippen LogP contribution in [0.1, 0.15) is 10.4 Å². The number of carbonyl (C=O) groups is 1. The van der Waals surface area contributed by atoms with Crippen molar-refractivity contribution < 1.29 is 22.0 Å². The third-order valence-electron chi connectivity index (χ3n) is 4.19. The monoisotopic (exact) mass is 381 g/mol. The third kappa shape index (κ3) is 3.52. The fourth-order valence-corrected chi connectivity index (χ4v) is 3.73. The Labute approximate surface area is 150 Å². The first-order valence-corrected chi connectivity index (χ1v) is 9.81. The molecule has 0 saturated carbocycles. The molecular weight excluding hydrogens is 364 g/mol. The van der Waals surface area contributed by atoms with Gasteiger partial charge < -0.3 is 9.80 Å². The number of piperazine rings is 1. The van der Waals surface area contributed by atoms with Gasteiger partial charge in [-0.1, -0.05) is 6.07 Å². The van der Waals surface area contributed by atoms with E-state index in [1.807, 2.05) is 0 Å². The summed E-state index contributed by atoms with van der Waals surface area (Å²) in [5, 5.41) is 0. The number of benzene rings is 1. The first-order chi connectivity index (χ1) is 12.3. The molecule has 0 bridgehead atoms. The van der Waals surface area contributed by atoms with E-state index in [2.05, 4.69) is 4.98 Å². The van der Waals surface area contributed by atoms with Gasteiger partial charge in [0, 0.05) is 38.6 Å². The molecule has 0 aliphatic carbocycles. The second-order valence-corrected chi connectivity index (χ2v) is 7.96. The van der Waals surface area contributed by atoms with Gasteiger partial charge in [-0.15, -0.1) is 0 Å². The molecule has 0 N–H and O–H groups in total. The number of hydrogen-bond acceptors (Lipinski definition) is 5. The summed E-state index contributed by atoms with van der Waals surface area (Å²) >= 11 is 0. The van der Waals surface area contributed by atoms with E-state index in [1.54, 1.807) is 11.0 Å². The molecule has 138 valence electrons. The highest BCUT2D eigenvalue weighted by Gasteiger charge is 2.28. The zero-order valence-corrected chi connectivity index (χ0v) is 14.8. The molecular formula is C17H17F2N3O3S. The predicted molar refractivity (Wildman–Crippen MR) is 91.8 cm³/mol. The van der Waals surface area contributed by atoms with Crippen LogP contribution in [0.4, 0.5) is 14.6 Å². The van der Waals surface area contributed by atoms with Crippen molar-refractivity contribution >= 4 is 21.6 Å². The number of sulfone groups is 1. The maximum Gasteiger partial charge on any atom is 0.259 e. The first-order valence-electron chi connectivity index (χ1n) is 7.92. The number of rotatable bonds is 3. The van der Waals surface area contributed by atoms with Gasteiger partial charge in [-0.25, -0.2) is 22.2 Å². The van der Waals surface area contributed by atoms with Crippen LogP contribution in [0, 0.1) is 11.6 Å². The summed E-state index contributed by atoms with van der Waals surface area (Å²) in [6.45, 7) is 1.02. The Morgan fingerprint density at radius 2 is 1.65 bits per heavy atom.